The van der Waals surface area contributed by atoms with Crippen LogP contribution in [-0.4, -0.2) is 19.6 Å². The summed E-state index contributed by atoms with van der Waals surface area (Å²) in [7, 11) is 1.39. The molecule has 2 aromatic rings. The van der Waals surface area contributed by atoms with E-state index in [1.807, 2.05) is 37.3 Å². The van der Waals surface area contributed by atoms with Gasteiger partial charge < -0.3 is 9.64 Å². The summed E-state index contributed by atoms with van der Waals surface area (Å²) in [5.41, 5.74) is 3.81. The van der Waals surface area contributed by atoms with E-state index >= 15 is 0 Å². The topological polar surface area (TPSA) is 29.5 Å². The van der Waals surface area contributed by atoms with Crippen molar-refractivity contribution in [2.45, 2.75) is 20.4 Å². The standard InChI is InChI=1S/C18H20ClNO2/c1-4-20(16-8-9-17(19)13(2)10-16)12-14-6-5-7-15(11-14)18(21)22-3/h5-11H,4,12H2,1-3H3. The Bertz CT molecular complexity index is 670. The summed E-state index contributed by atoms with van der Waals surface area (Å²) in [6, 6.07) is 13.5. The maximum Gasteiger partial charge on any atom is 0.337 e. The molecular formula is C18H20ClNO2. The molecule has 2 rings (SSSR count). The number of hydrogen-bond donors (Lipinski definition) is 0. The summed E-state index contributed by atoms with van der Waals surface area (Å²) < 4.78 is 4.77. The molecule has 4 heteroatoms. The van der Waals surface area contributed by atoms with Gasteiger partial charge >= 0.3 is 5.97 Å². The molecule has 0 aliphatic heterocycles. The van der Waals surface area contributed by atoms with Crippen molar-refractivity contribution in [3.05, 3.63) is 64.2 Å². The van der Waals surface area contributed by atoms with E-state index in [2.05, 4.69) is 17.9 Å². The predicted molar refractivity (Wildman–Crippen MR) is 90.7 cm³/mol. The summed E-state index contributed by atoms with van der Waals surface area (Å²) in [6.45, 7) is 5.69. The first kappa shape index (κ1) is 16.4. The summed E-state index contributed by atoms with van der Waals surface area (Å²) in [5.74, 6) is -0.313. The number of rotatable bonds is 5. The molecule has 116 valence electrons. The number of ether oxygens (including phenoxy) is 1. The molecule has 0 saturated heterocycles. The fourth-order valence-electron chi connectivity index (χ4n) is 2.35. The number of nitrogens with zero attached hydrogens (tertiary/aromatic N) is 1. The van der Waals surface area contributed by atoms with Gasteiger partial charge in [0.15, 0.2) is 0 Å². The molecule has 0 atom stereocenters. The second-order valence-corrected chi connectivity index (χ2v) is 5.55. The van der Waals surface area contributed by atoms with Crippen LogP contribution < -0.4 is 4.90 Å². The van der Waals surface area contributed by atoms with Crippen molar-refractivity contribution < 1.29 is 9.53 Å². The molecule has 0 heterocycles. The molecule has 0 aromatic heterocycles. The van der Waals surface area contributed by atoms with Crippen molar-refractivity contribution in [1.82, 2.24) is 0 Å². The minimum absolute atomic E-state index is 0.313. The quantitative estimate of drug-likeness (QED) is 0.762. The molecule has 0 spiro atoms. The van der Waals surface area contributed by atoms with E-state index in [1.165, 1.54) is 7.11 Å². The van der Waals surface area contributed by atoms with Crippen LogP contribution in [0, 0.1) is 6.92 Å². The summed E-state index contributed by atoms with van der Waals surface area (Å²) in [6.07, 6.45) is 0. The minimum Gasteiger partial charge on any atom is -0.465 e. The van der Waals surface area contributed by atoms with Crippen LogP contribution in [0.15, 0.2) is 42.5 Å². The van der Waals surface area contributed by atoms with Crippen LogP contribution in [0.5, 0.6) is 0 Å². The smallest absolute Gasteiger partial charge is 0.337 e. The lowest BCUT2D eigenvalue weighted by atomic mass is 10.1. The molecule has 2 aromatic carbocycles. The molecule has 0 aliphatic rings. The van der Waals surface area contributed by atoms with Crippen LogP contribution in [0.2, 0.25) is 5.02 Å². The second-order valence-electron chi connectivity index (χ2n) is 5.14. The van der Waals surface area contributed by atoms with Crippen LogP contribution in [0.4, 0.5) is 5.69 Å². The zero-order valence-corrected chi connectivity index (χ0v) is 13.9. The van der Waals surface area contributed by atoms with E-state index in [1.54, 1.807) is 6.07 Å². The Morgan fingerprint density at radius 1 is 1.23 bits per heavy atom. The number of anilines is 1. The molecule has 0 amide bonds. The molecule has 0 fully saturated rings. The van der Waals surface area contributed by atoms with E-state index < -0.39 is 0 Å². The number of hydrogen-bond acceptors (Lipinski definition) is 3. The van der Waals surface area contributed by atoms with Crippen LogP contribution in [0.25, 0.3) is 0 Å². The largest absolute Gasteiger partial charge is 0.465 e. The van der Waals surface area contributed by atoms with Gasteiger partial charge in [0.1, 0.15) is 0 Å². The van der Waals surface area contributed by atoms with Crippen LogP contribution in [0.1, 0.15) is 28.4 Å². The van der Waals surface area contributed by atoms with Gasteiger partial charge in [0, 0.05) is 23.8 Å². The third-order valence-corrected chi connectivity index (χ3v) is 4.03. The SMILES string of the molecule is CCN(Cc1cccc(C(=O)OC)c1)c1ccc(Cl)c(C)c1. The van der Waals surface area contributed by atoms with Gasteiger partial charge in [-0.3, -0.25) is 0 Å². The van der Waals surface area contributed by atoms with Gasteiger partial charge in [0.25, 0.3) is 0 Å². The number of carbonyl (C=O) groups is 1. The van der Waals surface area contributed by atoms with E-state index in [4.69, 9.17) is 16.3 Å². The first-order valence-corrected chi connectivity index (χ1v) is 7.61. The van der Waals surface area contributed by atoms with Crippen molar-refractivity contribution in [3.8, 4) is 0 Å². The van der Waals surface area contributed by atoms with E-state index in [-0.39, 0.29) is 5.97 Å². The van der Waals surface area contributed by atoms with E-state index in [0.29, 0.717) is 5.56 Å². The van der Waals surface area contributed by atoms with Crippen molar-refractivity contribution in [3.63, 3.8) is 0 Å². The summed E-state index contributed by atoms with van der Waals surface area (Å²) in [5, 5.41) is 0.771. The van der Waals surface area contributed by atoms with Gasteiger partial charge in [-0.2, -0.15) is 0 Å². The lowest BCUT2D eigenvalue weighted by Gasteiger charge is -2.24. The molecule has 3 nitrogen and oxygen atoms in total. The molecule has 0 aliphatic carbocycles. The van der Waals surface area contributed by atoms with Crippen LogP contribution in [-0.2, 0) is 11.3 Å². The second kappa shape index (κ2) is 7.32. The van der Waals surface area contributed by atoms with Crippen LogP contribution in [0.3, 0.4) is 0 Å². The zero-order chi connectivity index (χ0) is 16.1. The minimum atomic E-state index is -0.313. The van der Waals surface area contributed by atoms with Crippen molar-refractivity contribution in [1.29, 1.82) is 0 Å². The molecular weight excluding hydrogens is 298 g/mol. The highest BCUT2D eigenvalue weighted by Crippen LogP contribution is 2.24. The number of benzene rings is 2. The van der Waals surface area contributed by atoms with Gasteiger partial charge in [0.2, 0.25) is 0 Å². The number of aryl methyl sites for hydroxylation is 1. The molecule has 0 bridgehead atoms. The molecule has 0 radical (unpaired) electrons. The predicted octanol–water partition coefficient (Wildman–Crippen LogP) is 4.46. The van der Waals surface area contributed by atoms with Crippen molar-refractivity contribution in [2.75, 3.05) is 18.6 Å². The average molecular weight is 318 g/mol. The Balaban J connectivity index is 2.23. The fraction of sp³-hybridized carbons (Fsp3) is 0.278. The van der Waals surface area contributed by atoms with Crippen molar-refractivity contribution >= 4 is 23.3 Å². The highest BCUT2D eigenvalue weighted by atomic mass is 35.5. The van der Waals surface area contributed by atoms with Gasteiger partial charge in [0.05, 0.1) is 12.7 Å². The van der Waals surface area contributed by atoms with Gasteiger partial charge in [-0.25, -0.2) is 4.79 Å². The van der Waals surface area contributed by atoms with Gasteiger partial charge in [-0.05, 0) is 55.3 Å². The molecule has 0 saturated carbocycles. The third kappa shape index (κ3) is 3.80. The molecule has 0 N–H and O–H groups in total. The van der Waals surface area contributed by atoms with Gasteiger partial charge in [-0.15, -0.1) is 0 Å². The summed E-state index contributed by atoms with van der Waals surface area (Å²) >= 11 is 6.09. The fourth-order valence-corrected chi connectivity index (χ4v) is 2.46. The maximum atomic E-state index is 11.6. The van der Waals surface area contributed by atoms with E-state index in [9.17, 15) is 4.79 Å². The number of carbonyl (C=O) groups excluding carboxylic acids is 1. The van der Waals surface area contributed by atoms with E-state index in [0.717, 1.165) is 34.9 Å². The van der Waals surface area contributed by atoms with Crippen LogP contribution >= 0.6 is 11.6 Å². The highest BCUT2D eigenvalue weighted by molar-refractivity contribution is 6.31. The Labute approximate surface area is 136 Å². The third-order valence-electron chi connectivity index (χ3n) is 3.61. The lowest BCUT2D eigenvalue weighted by Crippen LogP contribution is -2.22. The molecule has 0 unspecified atom stereocenters. The monoisotopic (exact) mass is 317 g/mol. The number of halogens is 1. The molecule has 22 heavy (non-hydrogen) atoms. The van der Waals surface area contributed by atoms with Crippen molar-refractivity contribution in [2.24, 2.45) is 0 Å². The average Bonchev–Trinajstić information content (AvgIpc) is 2.54. The Morgan fingerprint density at radius 2 is 2.00 bits per heavy atom. The first-order valence-electron chi connectivity index (χ1n) is 7.23. The first-order chi connectivity index (χ1) is 10.5. The number of esters is 1. The Hall–Kier alpha value is -2.00. The zero-order valence-electron chi connectivity index (χ0n) is 13.1. The lowest BCUT2D eigenvalue weighted by molar-refractivity contribution is 0.0600. The Kier molecular flexibility index (Phi) is 5.45. The maximum absolute atomic E-state index is 11.6. The number of methoxy groups -OCH3 is 1. The van der Waals surface area contributed by atoms with Gasteiger partial charge in [-0.1, -0.05) is 23.7 Å². The highest BCUT2D eigenvalue weighted by Gasteiger charge is 2.10. The summed E-state index contributed by atoms with van der Waals surface area (Å²) in [4.78, 5) is 13.9. The Morgan fingerprint density at radius 3 is 2.64 bits per heavy atom. The normalized spacial score (nSPS) is 10.4.